The smallest absolute Gasteiger partial charge is 0.214 e. The van der Waals surface area contributed by atoms with Gasteiger partial charge >= 0.3 is 0 Å². The molecule has 2 aromatic rings. The number of hydrogen-bond acceptors (Lipinski definition) is 2. The number of para-hydroxylation sites is 1. The minimum absolute atomic E-state index is 0.548. The average molecular weight is 220 g/mol. The Hall–Kier alpha value is -1.54. The van der Waals surface area contributed by atoms with Crippen LogP contribution < -0.4 is 4.74 Å². The molecule has 1 atom stereocenters. The summed E-state index contributed by atoms with van der Waals surface area (Å²) < 4.78 is 5.50. The molecule has 0 aliphatic rings. The lowest BCUT2D eigenvalue weighted by Crippen LogP contribution is -2.01. The van der Waals surface area contributed by atoms with E-state index in [0.717, 1.165) is 5.75 Å². The van der Waals surface area contributed by atoms with Crippen molar-refractivity contribution in [1.82, 2.24) is 4.98 Å². The second-order valence-electron chi connectivity index (χ2n) is 3.00. The summed E-state index contributed by atoms with van der Waals surface area (Å²) in [5, 5.41) is 0. The van der Waals surface area contributed by atoms with E-state index < -0.39 is 5.56 Å². The first-order chi connectivity index (χ1) is 7.36. The number of rotatable bonds is 3. The van der Waals surface area contributed by atoms with Crippen molar-refractivity contribution in [2.24, 2.45) is 0 Å². The Morgan fingerprint density at radius 3 is 2.40 bits per heavy atom. The van der Waals surface area contributed by atoms with Crippen LogP contribution in [-0.4, -0.2) is 4.98 Å². The van der Waals surface area contributed by atoms with E-state index in [1.165, 1.54) is 0 Å². The van der Waals surface area contributed by atoms with Crippen molar-refractivity contribution in [2.45, 2.75) is 5.56 Å². The maximum atomic E-state index is 6.06. The second-order valence-corrected chi connectivity index (χ2v) is 3.40. The van der Waals surface area contributed by atoms with E-state index in [-0.39, 0.29) is 0 Å². The predicted octanol–water partition coefficient (Wildman–Crippen LogP) is 3.40. The van der Waals surface area contributed by atoms with Gasteiger partial charge in [0.1, 0.15) is 5.75 Å². The van der Waals surface area contributed by atoms with Crippen molar-refractivity contribution in [3.05, 3.63) is 60.4 Å². The Labute approximate surface area is 93.5 Å². The molecule has 0 saturated heterocycles. The van der Waals surface area contributed by atoms with Gasteiger partial charge in [0.15, 0.2) is 0 Å². The van der Waals surface area contributed by atoms with E-state index in [1.807, 2.05) is 48.5 Å². The van der Waals surface area contributed by atoms with Gasteiger partial charge in [0.25, 0.3) is 0 Å². The molecule has 0 bridgehead atoms. The van der Waals surface area contributed by atoms with Crippen LogP contribution in [0.25, 0.3) is 0 Å². The molecule has 2 rings (SSSR count). The van der Waals surface area contributed by atoms with Crippen molar-refractivity contribution in [3.8, 4) is 5.75 Å². The third-order valence-corrected chi connectivity index (χ3v) is 2.22. The third kappa shape index (κ3) is 2.70. The molecule has 1 aromatic carbocycles. The molecule has 0 saturated carbocycles. The average Bonchev–Trinajstić information content (AvgIpc) is 2.31. The summed E-state index contributed by atoms with van der Waals surface area (Å²) >= 11 is 6.06. The largest absolute Gasteiger partial charge is 0.469 e. The van der Waals surface area contributed by atoms with E-state index in [4.69, 9.17) is 16.3 Å². The summed E-state index contributed by atoms with van der Waals surface area (Å²) in [6, 6.07) is 15.0. The molecular weight excluding hydrogens is 210 g/mol. The molecule has 1 heterocycles. The number of pyridine rings is 1. The van der Waals surface area contributed by atoms with E-state index in [2.05, 4.69) is 4.98 Å². The third-order valence-electron chi connectivity index (χ3n) is 1.90. The zero-order valence-corrected chi connectivity index (χ0v) is 8.76. The van der Waals surface area contributed by atoms with Crippen LogP contribution >= 0.6 is 11.6 Å². The number of halogens is 1. The zero-order valence-electron chi connectivity index (χ0n) is 8.01. The summed E-state index contributed by atoms with van der Waals surface area (Å²) in [5.74, 6) is 0.739. The monoisotopic (exact) mass is 219 g/mol. The fraction of sp³-hybridized carbons (Fsp3) is 0.0833. The molecule has 0 fully saturated rings. The summed E-state index contributed by atoms with van der Waals surface area (Å²) in [7, 11) is 0. The lowest BCUT2D eigenvalue weighted by atomic mass is 10.3. The molecule has 0 aliphatic carbocycles. The SMILES string of the molecule is ClC(Oc1ccccc1)c1ccccn1. The molecule has 0 spiro atoms. The molecular formula is C12H10ClNO. The maximum Gasteiger partial charge on any atom is 0.214 e. The van der Waals surface area contributed by atoms with Crippen LogP contribution in [0.3, 0.4) is 0 Å². The quantitative estimate of drug-likeness (QED) is 0.739. The molecule has 1 aromatic heterocycles. The van der Waals surface area contributed by atoms with Crippen LogP contribution in [-0.2, 0) is 0 Å². The summed E-state index contributed by atoms with van der Waals surface area (Å²) in [6.45, 7) is 0. The van der Waals surface area contributed by atoms with Crippen LogP contribution in [0.15, 0.2) is 54.7 Å². The molecule has 15 heavy (non-hydrogen) atoms. The van der Waals surface area contributed by atoms with Gasteiger partial charge in [-0.1, -0.05) is 35.9 Å². The molecule has 2 nitrogen and oxygen atoms in total. The lowest BCUT2D eigenvalue weighted by molar-refractivity contribution is 0.283. The number of benzene rings is 1. The van der Waals surface area contributed by atoms with Crippen LogP contribution in [0.4, 0.5) is 0 Å². The Kier molecular flexibility index (Phi) is 3.20. The molecule has 0 N–H and O–H groups in total. The fourth-order valence-electron chi connectivity index (χ4n) is 1.19. The molecule has 0 aliphatic heterocycles. The number of hydrogen-bond donors (Lipinski definition) is 0. The van der Waals surface area contributed by atoms with E-state index in [0.29, 0.717) is 5.69 Å². The predicted molar refractivity (Wildman–Crippen MR) is 59.9 cm³/mol. The summed E-state index contributed by atoms with van der Waals surface area (Å²) in [6.07, 6.45) is 1.69. The van der Waals surface area contributed by atoms with Gasteiger partial charge in [0.05, 0.1) is 5.69 Å². The zero-order chi connectivity index (χ0) is 10.5. The highest BCUT2D eigenvalue weighted by Gasteiger charge is 2.09. The van der Waals surface area contributed by atoms with Gasteiger partial charge in [-0.2, -0.15) is 0 Å². The van der Waals surface area contributed by atoms with Crippen molar-refractivity contribution in [1.29, 1.82) is 0 Å². The molecule has 0 amide bonds. The normalized spacial score (nSPS) is 12.1. The highest BCUT2D eigenvalue weighted by atomic mass is 35.5. The highest BCUT2D eigenvalue weighted by molar-refractivity contribution is 6.19. The maximum absolute atomic E-state index is 6.06. The summed E-state index contributed by atoms with van der Waals surface area (Å²) in [5.41, 5.74) is 0.164. The fourth-order valence-corrected chi connectivity index (χ4v) is 1.42. The molecule has 1 unspecified atom stereocenters. The Morgan fingerprint density at radius 2 is 1.73 bits per heavy atom. The van der Waals surface area contributed by atoms with Gasteiger partial charge in [-0.25, -0.2) is 0 Å². The highest BCUT2D eigenvalue weighted by Crippen LogP contribution is 2.23. The first-order valence-electron chi connectivity index (χ1n) is 4.63. The van der Waals surface area contributed by atoms with Crippen LogP contribution in [0.5, 0.6) is 5.75 Å². The molecule has 0 radical (unpaired) electrons. The van der Waals surface area contributed by atoms with Crippen LogP contribution in [0.2, 0.25) is 0 Å². The van der Waals surface area contributed by atoms with Gasteiger partial charge in [-0.3, -0.25) is 4.98 Å². The second kappa shape index (κ2) is 4.80. The van der Waals surface area contributed by atoms with Gasteiger partial charge < -0.3 is 4.74 Å². The van der Waals surface area contributed by atoms with Crippen molar-refractivity contribution in [2.75, 3.05) is 0 Å². The lowest BCUT2D eigenvalue weighted by Gasteiger charge is -2.11. The number of ether oxygens (including phenoxy) is 1. The number of alkyl halides is 1. The minimum atomic E-state index is -0.548. The Morgan fingerprint density at radius 1 is 1.00 bits per heavy atom. The van der Waals surface area contributed by atoms with Crippen molar-refractivity contribution >= 4 is 11.6 Å². The Bertz CT molecular complexity index is 404. The number of nitrogens with zero attached hydrogens (tertiary/aromatic N) is 1. The Balaban J connectivity index is 2.08. The van der Waals surface area contributed by atoms with Gasteiger partial charge in [-0.15, -0.1) is 0 Å². The van der Waals surface area contributed by atoms with E-state index in [9.17, 15) is 0 Å². The first-order valence-corrected chi connectivity index (χ1v) is 5.06. The first kappa shape index (κ1) is 9.99. The van der Waals surface area contributed by atoms with Gasteiger partial charge in [0, 0.05) is 6.20 Å². The van der Waals surface area contributed by atoms with Gasteiger partial charge in [-0.05, 0) is 24.3 Å². The van der Waals surface area contributed by atoms with Gasteiger partial charge in [0.2, 0.25) is 5.56 Å². The van der Waals surface area contributed by atoms with E-state index in [1.54, 1.807) is 6.20 Å². The van der Waals surface area contributed by atoms with Crippen LogP contribution in [0, 0.1) is 0 Å². The molecule has 3 heteroatoms. The van der Waals surface area contributed by atoms with Crippen LogP contribution in [0.1, 0.15) is 11.3 Å². The molecule has 76 valence electrons. The standard InChI is InChI=1S/C12H10ClNO/c13-12(11-8-4-5-9-14-11)15-10-6-2-1-3-7-10/h1-9,12H. The van der Waals surface area contributed by atoms with Crippen molar-refractivity contribution in [3.63, 3.8) is 0 Å². The summed E-state index contributed by atoms with van der Waals surface area (Å²) in [4.78, 5) is 4.12. The topological polar surface area (TPSA) is 22.1 Å². The van der Waals surface area contributed by atoms with E-state index >= 15 is 0 Å². The minimum Gasteiger partial charge on any atom is -0.469 e. The van der Waals surface area contributed by atoms with Crippen molar-refractivity contribution < 1.29 is 4.74 Å². The number of aromatic nitrogens is 1.